The molecule has 0 aliphatic carbocycles. The van der Waals surface area contributed by atoms with Gasteiger partial charge in [-0.25, -0.2) is 0 Å². The highest BCUT2D eigenvalue weighted by atomic mass is 19.4. The first-order valence-corrected chi connectivity index (χ1v) is 8.82. The maximum absolute atomic E-state index is 12.5. The highest BCUT2D eigenvalue weighted by Crippen LogP contribution is 2.25. The molecule has 0 unspecified atom stereocenters. The van der Waals surface area contributed by atoms with Crippen LogP contribution in [-0.2, 0) is 13.1 Å². The third kappa shape index (κ3) is 7.34. The van der Waals surface area contributed by atoms with Crippen LogP contribution in [0, 0.1) is 0 Å². The lowest BCUT2D eigenvalue weighted by molar-refractivity contribution is -0.274. The number of pyridine rings is 1. The number of guanidine groups is 1. The smallest absolute Gasteiger partial charge is 0.405 e. The number of benzene rings is 1. The first kappa shape index (κ1) is 21.3. The molecular formula is C19H23F3N4O2. The molecule has 0 atom stereocenters. The summed E-state index contributed by atoms with van der Waals surface area (Å²) < 4.78 is 43.1. The summed E-state index contributed by atoms with van der Waals surface area (Å²) in [6, 6.07) is 11.0. The third-order valence-corrected chi connectivity index (χ3v) is 3.89. The number of aromatic nitrogens is 1. The molecule has 152 valence electrons. The second-order valence-corrected chi connectivity index (χ2v) is 5.95. The molecule has 0 fully saturated rings. The van der Waals surface area contributed by atoms with Gasteiger partial charge in [0.15, 0.2) is 5.96 Å². The van der Waals surface area contributed by atoms with Gasteiger partial charge in [-0.1, -0.05) is 24.3 Å². The zero-order valence-electron chi connectivity index (χ0n) is 15.5. The van der Waals surface area contributed by atoms with E-state index in [1.54, 1.807) is 36.0 Å². The average Bonchev–Trinajstić information content (AvgIpc) is 2.65. The van der Waals surface area contributed by atoms with Crippen LogP contribution in [0.15, 0.2) is 58.4 Å². The molecule has 0 amide bonds. The molecule has 1 aromatic carbocycles. The van der Waals surface area contributed by atoms with Gasteiger partial charge in [0, 0.05) is 44.5 Å². The Morgan fingerprint density at radius 3 is 2.57 bits per heavy atom. The fourth-order valence-corrected chi connectivity index (χ4v) is 2.53. The standard InChI is InChI=1S/C19H23F3N4O2/c1-23-18(24-11-5-7-13-26-12-6-4-10-17(26)27)25-14-15-8-2-3-9-16(15)28-19(20,21)22/h2-4,6,8-10,12H,5,7,11,13-14H2,1H3,(H2,23,24,25). The van der Waals surface area contributed by atoms with Gasteiger partial charge in [0.2, 0.25) is 5.56 Å². The summed E-state index contributed by atoms with van der Waals surface area (Å²) in [5.74, 6) is 0.227. The second kappa shape index (κ2) is 10.4. The van der Waals surface area contributed by atoms with E-state index in [-0.39, 0.29) is 17.9 Å². The van der Waals surface area contributed by atoms with Crippen molar-refractivity contribution in [3.8, 4) is 5.75 Å². The molecule has 28 heavy (non-hydrogen) atoms. The fourth-order valence-electron chi connectivity index (χ4n) is 2.53. The largest absolute Gasteiger partial charge is 0.573 e. The molecule has 0 aliphatic rings. The zero-order valence-corrected chi connectivity index (χ0v) is 15.5. The molecule has 1 heterocycles. The van der Waals surface area contributed by atoms with Gasteiger partial charge in [-0.05, 0) is 25.0 Å². The van der Waals surface area contributed by atoms with Crippen molar-refractivity contribution in [2.75, 3.05) is 13.6 Å². The summed E-state index contributed by atoms with van der Waals surface area (Å²) in [6.07, 6.45) is -1.39. The van der Waals surface area contributed by atoms with Crippen molar-refractivity contribution < 1.29 is 17.9 Å². The number of nitrogens with one attached hydrogen (secondary N) is 2. The Morgan fingerprint density at radius 2 is 1.86 bits per heavy atom. The van der Waals surface area contributed by atoms with Gasteiger partial charge < -0.3 is 19.9 Å². The van der Waals surface area contributed by atoms with Crippen molar-refractivity contribution in [3.63, 3.8) is 0 Å². The molecule has 1 aromatic heterocycles. The molecule has 0 spiro atoms. The number of aryl methyl sites for hydroxylation is 1. The first-order chi connectivity index (χ1) is 13.4. The Morgan fingerprint density at radius 1 is 1.11 bits per heavy atom. The van der Waals surface area contributed by atoms with Gasteiger partial charge >= 0.3 is 6.36 Å². The lowest BCUT2D eigenvalue weighted by Crippen LogP contribution is -2.37. The normalized spacial score (nSPS) is 11.9. The number of halogens is 3. The lowest BCUT2D eigenvalue weighted by atomic mass is 10.2. The van der Waals surface area contributed by atoms with E-state index < -0.39 is 6.36 Å². The second-order valence-electron chi connectivity index (χ2n) is 5.95. The predicted molar refractivity (Wildman–Crippen MR) is 101 cm³/mol. The van der Waals surface area contributed by atoms with E-state index in [0.29, 0.717) is 24.6 Å². The molecule has 9 heteroatoms. The molecule has 0 saturated carbocycles. The molecule has 0 bridgehead atoms. The van der Waals surface area contributed by atoms with E-state index in [4.69, 9.17) is 0 Å². The van der Waals surface area contributed by atoms with Crippen molar-refractivity contribution in [1.82, 2.24) is 15.2 Å². The third-order valence-electron chi connectivity index (χ3n) is 3.89. The van der Waals surface area contributed by atoms with Gasteiger partial charge in [-0.2, -0.15) is 0 Å². The summed E-state index contributed by atoms with van der Waals surface area (Å²) in [6.45, 7) is 1.36. The predicted octanol–water partition coefficient (Wildman–Crippen LogP) is 2.89. The zero-order chi connectivity index (χ0) is 20.4. The minimum absolute atomic E-state index is 0.0346. The van der Waals surface area contributed by atoms with E-state index in [0.717, 1.165) is 12.8 Å². The van der Waals surface area contributed by atoms with Gasteiger partial charge in [-0.3, -0.25) is 9.79 Å². The number of nitrogens with zero attached hydrogens (tertiary/aromatic N) is 2. The van der Waals surface area contributed by atoms with Crippen LogP contribution in [0.4, 0.5) is 13.2 Å². The quantitative estimate of drug-likeness (QED) is 0.409. The molecule has 2 N–H and O–H groups in total. The molecule has 2 aromatic rings. The van der Waals surface area contributed by atoms with Crippen molar-refractivity contribution in [2.24, 2.45) is 4.99 Å². The number of alkyl halides is 3. The number of ether oxygens (including phenoxy) is 1. The maximum Gasteiger partial charge on any atom is 0.573 e. The Kier molecular flexibility index (Phi) is 7.91. The van der Waals surface area contributed by atoms with E-state index in [9.17, 15) is 18.0 Å². The van der Waals surface area contributed by atoms with Crippen molar-refractivity contribution in [1.29, 1.82) is 0 Å². The monoisotopic (exact) mass is 396 g/mol. The highest BCUT2D eigenvalue weighted by molar-refractivity contribution is 5.79. The Balaban J connectivity index is 1.76. The van der Waals surface area contributed by atoms with Crippen LogP contribution >= 0.6 is 0 Å². The van der Waals surface area contributed by atoms with E-state index in [1.807, 2.05) is 6.07 Å². The summed E-state index contributed by atoms with van der Waals surface area (Å²) >= 11 is 0. The molecular weight excluding hydrogens is 373 g/mol. The summed E-state index contributed by atoms with van der Waals surface area (Å²) in [5, 5.41) is 6.06. The molecule has 6 nitrogen and oxygen atoms in total. The van der Waals surface area contributed by atoms with Crippen LogP contribution in [0.5, 0.6) is 5.75 Å². The van der Waals surface area contributed by atoms with E-state index in [1.165, 1.54) is 18.2 Å². The Labute approximate surface area is 161 Å². The van der Waals surface area contributed by atoms with E-state index >= 15 is 0 Å². The number of hydrogen-bond acceptors (Lipinski definition) is 3. The van der Waals surface area contributed by atoms with E-state index in [2.05, 4.69) is 20.4 Å². The molecule has 2 rings (SSSR count). The van der Waals surface area contributed by atoms with Crippen LogP contribution in [0.1, 0.15) is 18.4 Å². The SMILES string of the molecule is CN=C(NCCCCn1ccccc1=O)NCc1ccccc1OC(F)(F)F. The summed E-state index contributed by atoms with van der Waals surface area (Å²) in [7, 11) is 1.58. The van der Waals surface area contributed by atoms with Gasteiger partial charge in [0.1, 0.15) is 5.75 Å². The van der Waals surface area contributed by atoms with Gasteiger partial charge in [0.25, 0.3) is 0 Å². The van der Waals surface area contributed by atoms with Crippen molar-refractivity contribution in [2.45, 2.75) is 32.3 Å². The number of hydrogen-bond donors (Lipinski definition) is 2. The first-order valence-electron chi connectivity index (χ1n) is 8.82. The van der Waals surface area contributed by atoms with Crippen LogP contribution in [0.25, 0.3) is 0 Å². The van der Waals surface area contributed by atoms with Crippen molar-refractivity contribution in [3.05, 3.63) is 64.6 Å². The molecule has 0 saturated heterocycles. The lowest BCUT2D eigenvalue weighted by Gasteiger charge is -2.15. The minimum Gasteiger partial charge on any atom is -0.405 e. The fraction of sp³-hybridized carbons (Fsp3) is 0.368. The number of rotatable bonds is 8. The number of unbranched alkanes of at least 4 members (excludes halogenated alkanes) is 1. The topological polar surface area (TPSA) is 67.7 Å². The van der Waals surface area contributed by atoms with Gasteiger partial charge in [0.05, 0.1) is 0 Å². The minimum atomic E-state index is -4.74. The molecule has 0 aliphatic heterocycles. The maximum atomic E-state index is 12.5. The summed E-state index contributed by atoms with van der Waals surface area (Å²) in [4.78, 5) is 15.7. The van der Waals surface area contributed by atoms with Crippen LogP contribution in [-0.4, -0.2) is 30.5 Å². The van der Waals surface area contributed by atoms with Crippen LogP contribution < -0.4 is 20.9 Å². The highest BCUT2D eigenvalue weighted by Gasteiger charge is 2.31. The Bertz CT molecular complexity index is 834. The van der Waals surface area contributed by atoms with Crippen LogP contribution in [0.2, 0.25) is 0 Å². The van der Waals surface area contributed by atoms with Crippen LogP contribution in [0.3, 0.4) is 0 Å². The Hall–Kier alpha value is -2.97. The van der Waals surface area contributed by atoms with Gasteiger partial charge in [-0.15, -0.1) is 13.2 Å². The number of aliphatic imine (C=N–C) groups is 1. The summed E-state index contributed by atoms with van der Waals surface area (Å²) in [5.41, 5.74) is 0.332. The van der Waals surface area contributed by atoms with Crippen molar-refractivity contribution >= 4 is 5.96 Å². The molecule has 0 radical (unpaired) electrons. The number of para-hydroxylation sites is 1. The average molecular weight is 396 g/mol.